The van der Waals surface area contributed by atoms with Crippen molar-refractivity contribution >= 4 is 23.0 Å². The molecule has 0 unspecified atom stereocenters. The summed E-state index contributed by atoms with van der Waals surface area (Å²) < 4.78 is 39.1. The van der Waals surface area contributed by atoms with E-state index in [1.165, 1.54) is 18.6 Å². The predicted molar refractivity (Wildman–Crippen MR) is 96.3 cm³/mol. The molecule has 1 N–H and O–H groups in total. The summed E-state index contributed by atoms with van der Waals surface area (Å²) in [6.07, 6.45) is -0.796. The van der Waals surface area contributed by atoms with Gasteiger partial charge in [-0.25, -0.2) is 0 Å². The molecule has 6 heteroatoms. The molecule has 0 radical (unpaired) electrons. The maximum Gasteiger partial charge on any atom is 0.416 e. The SMILES string of the molecule is FC(F)(F)c1ccccc1CNc1ccc(N2CCCCC2)c(Cl)c1. The molecule has 0 saturated carbocycles. The Kier molecular flexibility index (Phi) is 5.42. The molecule has 0 aromatic heterocycles. The fourth-order valence-corrected chi connectivity index (χ4v) is 3.46. The van der Waals surface area contributed by atoms with Crippen LogP contribution in [0.2, 0.25) is 5.02 Å². The van der Waals surface area contributed by atoms with Crippen molar-refractivity contribution in [1.82, 2.24) is 0 Å². The van der Waals surface area contributed by atoms with Crippen LogP contribution in [0.25, 0.3) is 0 Å². The van der Waals surface area contributed by atoms with Gasteiger partial charge in [-0.2, -0.15) is 13.2 Å². The van der Waals surface area contributed by atoms with Crippen molar-refractivity contribution in [1.29, 1.82) is 0 Å². The maximum absolute atomic E-state index is 13.0. The highest BCUT2D eigenvalue weighted by Crippen LogP contribution is 2.33. The number of anilines is 2. The van der Waals surface area contributed by atoms with Crippen LogP contribution in [0.3, 0.4) is 0 Å². The van der Waals surface area contributed by atoms with Crippen molar-refractivity contribution in [2.75, 3.05) is 23.3 Å². The summed E-state index contributed by atoms with van der Waals surface area (Å²) in [5, 5.41) is 3.66. The lowest BCUT2D eigenvalue weighted by molar-refractivity contribution is -0.138. The van der Waals surface area contributed by atoms with Crippen LogP contribution in [-0.2, 0) is 12.7 Å². The molecule has 0 bridgehead atoms. The topological polar surface area (TPSA) is 15.3 Å². The van der Waals surface area contributed by atoms with Crippen molar-refractivity contribution in [2.24, 2.45) is 0 Å². The Morgan fingerprint density at radius 3 is 2.40 bits per heavy atom. The van der Waals surface area contributed by atoms with Gasteiger partial charge in [0.05, 0.1) is 16.3 Å². The number of halogens is 4. The van der Waals surface area contributed by atoms with E-state index in [-0.39, 0.29) is 12.1 Å². The molecular weight excluding hydrogens is 349 g/mol. The molecule has 2 nitrogen and oxygen atoms in total. The fourth-order valence-electron chi connectivity index (χ4n) is 3.16. The third-order valence-electron chi connectivity index (χ3n) is 4.45. The molecule has 25 heavy (non-hydrogen) atoms. The number of alkyl halides is 3. The zero-order valence-corrected chi connectivity index (χ0v) is 14.5. The molecule has 0 aliphatic carbocycles. The van der Waals surface area contributed by atoms with Gasteiger partial charge in [0.25, 0.3) is 0 Å². The van der Waals surface area contributed by atoms with Crippen LogP contribution < -0.4 is 10.2 Å². The number of hydrogen-bond acceptors (Lipinski definition) is 2. The second kappa shape index (κ2) is 7.56. The molecule has 1 aliphatic rings. The van der Waals surface area contributed by atoms with E-state index in [1.807, 2.05) is 12.1 Å². The molecule has 0 amide bonds. The van der Waals surface area contributed by atoms with Crippen molar-refractivity contribution in [3.63, 3.8) is 0 Å². The number of piperidine rings is 1. The highest BCUT2D eigenvalue weighted by molar-refractivity contribution is 6.33. The standard InChI is InChI=1S/C19H20ClF3N2/c20-17-12-15(8-9-18(17)25-10-4-1-5-11-25)24-13-14-6-2-3-7-16(14)19(21,22)23/h2-3,6-9,12,24H,1,4-5,10-11,13H2. The summed E-state index contributed by atoms with van der Waals surface area (Å²) in [7, 11) is 0. The molecule has 2 aromatic carbocycles. The van der Waals surface area contributed by atoms with E-state index >= 15 is 0 Å². The Labute approximate surface area is 150 Å². The lowest BCUT2D eigenvalue weighted by Crippen LogP contribution is -2.29. The zero-order chi connectivity index (χ0) is 17.9. The number of nitrogens with zero attached hydrogens (tertiary/aromatic N) is 1. The summed E-state index contributed by atoms with van der Waals surface area (Å²) in [6, 6.07) is 11.2. The molecule has 1 saturated heterocycles. The highest BCUT2D eigenvalue weighted by Gasteiger charge is 2.32. The van der Waals surface area contributed by atoms with Crippen LogP contribution in [0.15, 0.2) is 42.5 Å². The smallest absolute Gasteiger partial charge is 0.381 e. The number of hydrogen-bond donors (Lipinski definition) is 1. The molecule has 0 atom stereocenters. The molecule has 1 fully saturated rings. The minimum absolute atomic E-state index is 0.0923. The van der Waals surface area contributed by atoms with Crippen LogP contribution >= 0.6 is 11.6 Å². The van der Waals surface area contributed by atoms with E-state index in [0.717, 1.165) is 37.7 Å². The monoisotopic (exact) mass is 368 g/mol. The van der Waals surface area contributed by atoms with E-state index < -0.39 is 11.7 Å². The Hall–Kier alpha value is -1.88. The van der Waals surface area contributed by atoms with Gasteiger partial charge in [-0.05, 0) is 49.1 Å². The number of nitrogens with one attached hydrogen (secondary N) is 1. The molecule has 1 heterocycles. The molecule has 134 valence electrons. The minimum Gasteiger partial charge on any atom is -0.381 e. The maximum atomic E-state index is 13.0. The summed E-state index contributed by atoms with van der Waals surface area (Å²) in [6.45, 7) is 2.08. The lowest BCUT2D eigenvalue weighted by Gasteiger charge is -2.29. The number of benzene rings is 2. The van der Waals surface area contributed by atoms with Gasteiger partial charge >= 0.3 is 6.18 Å². The summed E-state index contributed by atoms with van der Waals surface area (Å²) in [5.74, 6) is 0. The van der Waals surface area contributed by atoms with E-state index in [1.54, 1.807) is 12.1 Å². The van der Waals surface area contributed by atoms with E-state index in [0.29, 0.717) is 10.7 Å². The van der Waals surface area contributed by atoms with Crippen LogP contribution in [-0.4, -0.2) is 13.1 Å². The predicted octanol–water partition coefficient (Wildman–Crippen LogP) is 5.96. The van der Waals surface area contributed by atoms with Gasteiger partial charge in [-0.15, -0.1) is 0 Å². The minimum atomic E-state index is -4.35. The highest BCUT2D eigenvalue weighted by atomic mass is 35.5. The van der Waals surface area contributed by atoms with Crippen LogP contribution in [0, 0.1) is 0 Å². The molecule has 2 aromatic rings. The van der Waals surface area contributed by atoms with Gasteiger partial charge in [0.2, 0.25) is 0 Å². The van der Waals surface area contributed by atoms with Crippen molar-refractivity contribution < 1.29 is 13.2 Å². The Bertz CT molecular complexity index is 725. The van der Waals surface area contributed by atoms with Crippen LogP contribution in [0.1, 0.15) is 30.4 Å². The quantitative estimate of drug-likeness (QED) is 0.716. The molecule has 3 rings (SSSR count). The third kappa shape index (κ3) is 4.40. The first-order chi connectivity index (χ1) is 11.9. The first-order valence-electron chi connectivity index (χ1n) is 8.38. The Morgan fingerprint density at radius 2 is 1.72 bits per heavy atom. The average molecular weight is 369 g/mol. The van der Waals surface area contributed by atoms with Gasteiger partial charge in [-0.3, -0.25) is 0 Å². The van der Waals surface area contributed by atoms with Gasteiger partial charge in [-0.1, -0.05) is 29.8 Å². The van der Waals surface area contributed by atoms with Gasteiger partial charge in [0.1, 0.15) is 0 Å². The van der Waals surface area contributed by atoms with Crippen molar-refractivity contribution in [3.8, 4) is 0 Å². The van der Waals surface area contributed by atoms with Crippen LogP contribution in [0.4, 0.5) is 24.5 Å². The first-order valence-corrected chi connectivity index (χ1v) is 8.76. The summed E-state index contributed by atoms with van der Waals surface area (Å²) in [4.78, 5) is 2.26. The first kappa shape index (κ1) is 17.9. The second-order valence-electron chi connectivity index (χ2n) is 6.22. The van der Waals surface area contributed by atoms with Crippen molar-refractivity contribution in [2.45, 2.75) is 32.0 Å². The van der Waals surface area contributed by atoms with E-state index in [2.05, 4.69) is 10.2 Å². The largest absolute Gasteiger partial charge is 0.416 e. The van der Waals surface area contributed by atoms with E-state index in [4.69, 9.17) is 11.6 Å². The van der Waals surface area contributed by atoms with E-state index in [9.17, 15) is 13.2 Å². The molecule has 1 aliphatic heterocycles. The Morgan fingerprint density at radius 1 is 1.00 bits per heavy atom. The van der Waals surface area contributed by atoms with Gasteiger partial charge < -0.3 is 10.2 Å². The lowest BCUT2D eigenvalue weighted by atomic mass is 10.1. The molecule has 0 spiro atoms. The van der Waals surface area contributed by atoms with Crippen molar-refractivity contribution in [3.05, 3.63) is 58.6 Å². The molecular formula is C19H20ClF3N2. The van der Waals surface area contributed by atoms with Gasteiger partial charge in [0.15, 0.2) is 0 Å². The zero-order valence-electron chi connectivity index (χ0n) is 13.7. The Balaban J connectivity index is 1.71. The summed E-state index contributed by atoms with van der Waals surface area (Å²) in [5.41, 5.74) is 1.30. The average Bonchev–Trinajstić information content (AvgIpc) is 2.60. The number of rotatable bonds is 4. The second-order valence-corrected chi connectivity index (χ2v) is 6.63. The third-order valence-corrected chi connectivity index (χ3v) is 4.75. The fraction of sp³-hybridized carbons (Fsp3) is 0.368. The normalized spacial score (nSPS) is 15.3. The van der Waals surface area contributed by atoms with Gasteiger partial charge in [0, 0.05) is 25.3 Å². The van der Waals surface area contributed by atoms with Crippen LogP contribution in [0.5, 0.6) is 0 Å². The summed E-state index contributed by atoms with van der Waals surface area (Å²) >= 11 is 6.39.